The van der Waals surface area contributed by atoms with E-state index in [1.54, 1.807) is 0 Å². The zero-order valence-electron chi connectivity index (χ0n) is 15.1. The number of hydrogen-bond donors (Lipinski definition) is 2. The molecule has 0 fully saturated rings. The number of aryl methyl sites for hydroxylation is 1. The summed E-state index contributed by atoms with van der Waals surface area (Å²) in [6.45, 7) is 0. The maximum Gasteiger partial charge on any atom is 0.425 e. The number of aliphatic hydroxyl groups is 1. The van der Waals surface area contributed by atoms with Crippen LogP contribution in [-0.4, -0.2) is 43.9 Å². The number of benzene rings is 1. The molecule has 2 heterocycles. The number of carbonyl (C=O) groups is 1. The normalized spacial score (nSPS) is 13.6. The van der Waals surface area contributed by atoms with Gasteiger partial charge in [0.15, 0.2) is 5.82 Å². The molecular formula is C17H16ClF3N4O4. The summed E-state index contributed by atoms with van der Waals surface area (Å²) in [4.78, 5) is 33.7. The molecule has 8 nitrogen and oxygen atoms in total. The Morgan fingerprint density at radius 2 is 2.03 bits per heavy atom. The van der Waals surface area contributed by atoms with Crippen molar-refractivity contribution < 1.29 is 27.8 Å². The van der Waals surface area contributed by atoms with Crippen LogP contribution in [0.2, 0.25) is 0 Å². The molecule has 3 aromatic rings. The lowest BCUT2D eigenvalue weighted by Gasteiger charge is -2.29. The third kappa shape index (κ3) is 3.96. The van der Waals surface area contributed by atoms with E-state index in [9.17, 15) is 27.9 Å². The monoisotopic (exact) mass is 432 g/mol. The van der Waals surface area contributed by atoms with Gasteiger partial charge in [-0.15, -0.1) is 12.4 Å². The quantitative estimate of drug-likeness (QED) is 0.609. The van der Waals surface area contributed by atoms with Crippen molar-refractivity contribution in [1.82, 2.24) is 19.5 Å². The van der Waals surface area contributed by atoms with Gasteiger partial charge in [0.25, 0.3) is 5.56 Å². The first kappa shape index (κ1) is 22.4. The van der Waals surface area contributed by atoms with Crippen molar-refractivity contribution in [2.75, 3.05) is 7.11 Å². The van der Waals surface area contributed by atoms with E-state index >= 15 is 0 Å². The summed E-state index contributed by atoms with van der Waals surface area (Å²) in [6.07, 6.45) is -3.79. The summed E-state index contributed by atoms with van der Waals surface area (Å²) in [5.74, 6) is -1.75. The Kier molecular flexibility index (Phi) is 6.04. The first-order valence-electron chi connectivity index (χ1n) is 7.95. The highest BCUT2D eigenvalue weighted by molar-refractivity contribution is 5.93. The van der Waals surface area contributed by atoms with Crippen LogP contribution < -0.4 is 5.56 Å². The third-order valence-corrected chi connectivity index (χ3v) is 4.26. The van der Waals surface area contributed by atoms with Gasteiger partial charge in [0.05, 0.1) is 30.0 Å². The lowest BCUT2D eigenvalue weighted by molar-refractivity contribution is -0.270. The van der Waals surface area contributed by atoms with Crippen LogP contribution in [0, 0.1) is 0 Å². The highest BCUT2D eigenvalue weighted by Crippen LogP contribution is 2.40. The number of ether oxygens (including phenoxy) is 1. The third-order valence-electron chi connectivity index (χ3n) is 4.26. The first-order valence-corrected chi connectivity index (χ1v) is 7.95. The molecule has 0 spiro atoms. The number of aromatic amines is 1. The van der Waals surface area contributed by atoms with Gasteiger partial charge < -0.3 is 19.4 Å². The summed E-state index contributed by atoms with van der Waals surface area (Å²) < 4.78 is 46.6. The molecule has 0 amide bonds. The summed E-state index contributed by atoms with van der Waals surface area (Å²) in [5.41, 5.74) is -4.02. The fourth-order valence-corrected chi connectivity index (χ4v) is 2.83. The molecule has 2 aromatic heterocycles. The van der Waals surface area contributed by atoms with Gasteiger partial charge in [0.1, 0.15) is 5.82 Å². The first-order chi connectivity index (χ1) is 13.1. The van der Waals surface area contributed by atoms with Gasteiger partial charge >= 0.3 is 12.1 Å². The SMILES string of the molecule is COC(=O)c1ccc2c(=O)[nH]c(CC(O)(c3nccn3C)C(F)(F)F)nc2c1.Cl. The van der Waals surface area contributed by atoms with Crippen LogP contribution >= 0.6 is 12.4 Å². The van der Waals surface area contributed by atoms with Gasteiger partial charge in [-0.1, -0.05) is 0 Å². The Morgan fingerprint density at radius 1 is 1.34 bits per heavy atom. The highest BCUT2D eigenvalue weighted by atomic mass is 35.5. The summed E-state index contributed by atoms with van der Waals surface area (Å²) >= 11 is 0. The topological polar surface area (TPSA) is 110 Å². The van der Waals surface area contributed by atoms with Gasteiger partial charge in [-0.3, -0.25) is 4.79 Å². The number of methoxy groups -OCH3 is 1. The zero-order valence-corrected chi connectivity index (χ0v) is 16.0. The number of hydrogen-bond acceptors (Lipinski definition) is 6. The molecule has 0 bridgehead atoms. The maximum absolute atomic E-state index is 13.7. The van der Waals surface area contributed by atoms with E-state index in [2.05, 4.69) is 19.7 Å². The van der Waals surface area contributed by atoms with Crippen LogP contribution in [-0.2, 0) is 23.8 Å². The number of fused-ring (bicyclic) bond motifs is 1. The van der Waals surface area contributed by atoms with E-state index in [-0.39, 0.29) is 28.9 Å². The molecule has 0 radical (unpaired) electrons. The van der Waals surface area contributed by atoms with Crippen molar-refractivity contribution in [2.24, 2.45) is 7.05 Å². The standard InChI is InChI=1S/C17H15F3N4O4.ClH/c1-24-6-5-21-15(24)16(27,17(18,19)20)8-12-22-11-7-9(14(26)28-2)3-4-10(11)13(25)23-12;/h3-7,27H,8H2,1-2H3,(H,22,23,25);1H. The van der Waals surface area contributed by atoms with Crippen LogP contribution in [0.1, 0.15) is 22.0 Å². The van der Waals surface area contributed by atoms with Gasteiger partial charge in [-0.25, -0.2) is 14.8 Å². The number of imidazole rings is 1. The van der Waals surface area contributed by atoms with Gasteiger partial charge in [-0.05, 0) is 18.2 Å². The second-order valence-electron chi connectivity index (χ2n) is 6.13. The molecule has 12 heteroatoms. The molecule has 1 aromatic carbocycles. The van der Waals surface area contributed by atoms with Crippen LogP contribution in [0.25, 0.3) is 10.9 Å². The molecule has 0 saturated heterocycles. The largest absolute Gasteiger partial charge is 0.465 e. The molecule has 29 heavy (non-hydrogen) atoms. The van der Waals surface area contributed by atoms with E-state index in [4.69, 9.17) is 0 Å². The second-order valence-corrected chi connectivity index (χ2v) is 6.13. The average molecular weight is 433 g/mol. The number of esters is 1. The van der Waals surface area contributed by atoms with Crippen molar-refractivity contribution in [3.8, 4) is 0 Å². The highest BCUT2D eigenvalue weighted by Gasteiger charge is 2.58. The lowest BCUT2D eigenvalue weighted by Crippen LogP contribution is -2.46. The summed E-state index contributed by atoms with van der Waals surface area (Å²) in [6, 6.07) is 3.88. The predicted octanol–water partition coefficient (Wildman–Crippen LogP) is 1.86. The minimum Gasteiger partial charge on any atom is -0.465 e. The second kappa shape index (κ2) is 7.84. The molecule has 0 aliphatic carbocycles. The maximum atomic E-state index is 13.7. The van der Waals surface area contributed by atoms with Gasteiger partial charge in [-0.2, -0.15) is 13.2 Å². The Hall–Kier alpha value is -2.92. The van der Waals surface area contributed by atoms with Gasteiger partial charge in [0, 0.05) is 19.4 Å². The number of aromatic nitrogens is 4. The van der Waals surface area contributed by atoms with Crippen LogP contribution in [0.4, 0.5) is 13.2 Å². The number of rotatable bonds is 4. The zero-order chi connectivity index (χ0) is 20.7. The molecular weight excluding hydrogens is 417 g/mol. The van der Waals surface area contributed by atoms with Crippen LogP contribution in [0.3, 0.4) is 0 Å². The minimum absolute atomic E-state index is 0. The number of H-pyrrole nitrogens is 1. The number of nitrogens with zero attached hydrogens (tertiary/aromatic N) is 3. The fourth-order valence-electron chi connectivity index (χ4n) is 2.83. The predicted molar refractivity (Wildman–Crippen MR) is 97.8 cm³/mol. The van der Waals surface area contributed by atoms with Crippen LogP contribution in [0.5, 0.6) is 0 Å². The fraction of sp³-hybridized carbons (Fsp3) is 0.294. The molecule has 2 N–H and O–H groups in total. The smallest absolute Gasteiger partial charge is 0.425 e. The van der Waals surface area contributed by atoms with Crippen molar-refractivity contribution in [3.63, 3.8) is 0 Å². The molecule has 0 aliphatic heterocycles. The van der Waals surface area contributed by atoms with Crippen LogP contribution in [0.15, 0.2) is 35.4 Å². The van der Waals surface area contributed by atoms with Crippen molar-refractivity contribution in [2.45, 2.75) is 18.2 Å². The average Bonchev–Trinajstić information content (AvgIpc) is 3.06. The molecule has 0 saturated carbocycles. The number of halogens is 4. The Balaban J connectivity index is 0.00000300. The van der Waals surface area contributed by atoms with E-state index < -0.39 is 41.4 Å². The Bertz CT molecular complexity index is 1110. The molecule has 1 unspecified atom stereocenters. The summed E-state index contributed by atoms with van der Waals surface area (Å²) in [7, 11) is 2.47. The Labute approximate surface area is 167 Å². The number of alkyl halides is 3. The van der Waals surface area contributed by atoms with Crippen molar-refractivity contribution in [3.05, 3.63) is 58.2 Å². The van der Waals surface area contributed by atoms with Crippen molar-refractivity contribution in [1.29, 1.82) is 0 Å². The molecule has 0 aliphatic rings. The molecule has 3 rings (SSSR count). The number of nitrogens with one attached hydrogen (secondary N) is 1. The molecule has 1 atom stereocenters. The van der Waals surface area contributed by atoms with Gasteiger partial charge in [0.2, 0.25) is 5.60 Å². The Morgan fingerprint density at radius 3 is 2.59 bits per heavy atom. The van der Waals surface area contributed by atoms with E-state index in [1.807, 2.05) is 0 Å². The lowest BCUT2D eigenvalue weighted by atomic mass is 9.97. The minimum atomic E-state index is -5.09. The van der Waals surface area contributed by atoms with E-state index in [0.717, 1.165) is 10.8 Å². The van der Waals surface area contributed by atoms with Crippen molar-refractivity contribution >= 4 is 29.3 Å². The van der Waals surface area contributed by atoms with E-state index in [0.29, 0.717) is 0 Å². The number of carbonyl (C=O) groups excluding carboxylic acids is 1. The molecule has 156 valence electrons. The van der Waals surface area contributed by atoms with E-state index in [1.165, 1.54) is 38.6 Å². The summed E-state index contributed by atoms with van der Waals surface area (Å²) in [5, 5.41) is 10.5.